The smallest absolute Gasteiger partial charge is 0.316 e. The van der Waals surface area contributed by atoms with Gasteiger partial charge in [0.1, 0.15) is 11.1 Å². The van der Waals surface area contributed by atoms with Crippen LogP contribution in [0.15, 0.2) is 5.16 Å². The van der Waals surface area contributed by atoms with Crippen LogP contribution in [0.5, 0.6) is 0 Å². The van der Waals surface area contributed by atoms with E-state index in [0.29, 0.717) is 11.1 Å². The molecule has 1 heterocycles. The number of hydrogen-bond acceptors (Lipinski definition) is 4. The quantitative estimate of drug-likeness (QED) is 0.850. The van der Waals surface area contributed by atoms with Crippen LogP contribution in [0.25, 0.3) is 0 Å². The number of rotatable bonds is 4. The van der Waals surface area contributed by atoms with Crippen LogP contribution in [0.3, 0.4) is 0 Å². The summed E-state index contributed by atoms with van der Waals surface area (Å²) in [4.78, 5) is 10.8. The van der Waals surface area contributed by atoms with Gasteiger partial charge in [-0.2, -0.15) is 0 Å². The van der Waals surface area contributed by atoms with Crippen molar-refractivity contribution in [2.24, 2.45) is 7.05 Å². The van der Waals surface area contributed by atoms with Gasteiger partial charge < -0.3 is 9.67 Å². The molecule has 1 N–H and O–H groups in total. The maximum Gasteiger partial charge on any atom is 0.316 e. The molecule has 1 atom stereocenters. The lowest BCUT2D eigenvalue weighted by molar-refractivity contribution is -0.136. The Morgan fingerprint density at radius 2 is 2.06 bits per heavy atom. The molecule has 0 aliphatic heterocycles. The number of thioether (sulfide) groups is 1. The highest BCUT2D eigenvalue weighted by Crippen LogP contribution is 2.33. The second-order valence-electron chi connectivity index (χ2n) is 4.83. The first-order chi connectivity index (χ1) is 8.59. The van der Waals surface area contributed by atoms with Gasteiger partial charge in [-0.15, -0.1) is 10.2 Å². The van der Waals surface area contributed by atoms with Gasteiger partial charge in [0.15, 0.2) is 5.16 Å². The maximum atomic E-state index is 10.8. The molecule has 1 aliphatic rings. The van der Waals surface area contributed by atoms with Crippen molar-refractivity contribution in [3.8, 4) is 0 Å². The standard InChI is InChI=1S/C12H19N3O2S/c1-8(11(16)17)18-12-14-13-10(15(12)2)9-6-4-3-5-7-9/h8-9H,3-7H2,1-2H3,(H,16,17). The number of carbonyl (C=O) groups is 1. The van der Waals surface area contributed by atoms with Crippen LogP contribution >= 0.6 is 11.8 Å². The first kappa shape index (κ1) is 13.4. The Morgan fingerprint density at radius 1 is 1.39 bits per heavy atom. The molecule has 0 bridgehead atoms. The monoisotopic (exact) mass is 269 g/mol. The van der Waals surface area contributed by atoms with Crippen LogP contribution in [-0.2, 0) is 11.8 Å². The zero-order chi connectivity index (χ0) is 13.1. The summed E-state index contributed by atoms with van der Waals surface area (Å²) in [6.45, 7) is 1.67. The third kappa shape index (κ3) is 2.85. The summed E-state index contributed by atoms with van der Waals surface area (Å²) < 4.78 is 1.96. The zero-order valence-electron chi connectivity index (χ0n) is 10.8. The molecule has 0 saturated heterocycles. The number of hydrogen-bond donors (Lipinski definition) is 1. The van der Waals surface area contributed by atoms with Crippen molar-refractivity contribution in [1.29, 1.82) is 0 Å². The maximum absolute atomic E-state index is 10.8. The van der Waals surface area contributed by atoms with Crippen LogP contribution in [0.2, 0.25) is 0 Å². The SMILES string of the molecule is CC(Sc1nnc(C2CCCCC2)n1C)C(=O)O. The minimum absolute atomic E-state index is 0.491. The van der Waals surface area contributed by atoms with Gasteiger partial charge in [-0.25, -0.2) is 0 Å². The van der Waals surface area contributed by atoms with E-state index in [4.69, 9.17) is 5.11 Å². The lowest BCUT2D eigenvalue weighted by Crippen LogP contribution is -2.13. The van der Waals surface area contributed by atoms with Gasteiger partial charge in [0.05, 0.1) is 0 Å². The Bertz CT molecular complexity index is 427. The molecule has 0 amide bonds. The van der Waals surface area contributed by atoms with E-state index in [9.17, 15) is 4.79 Å². The van der Waals surface area contributed by atoms with Crippen molar-refractivity contribution < 1.29 is 9.90 Å². The van der Waals surface area contributed by atoms with E-state index < -0.39 is 11.2 Å². The third-order valence-electron chi connectivity index (χ3n) is 3.47. The molecule has 1 unspecified atom stereocenters. The first-order valence-electron chi connectivity index (χ1n) is 6.38. The summed E-state index contributed by atoms with van der Waals surface area (Å²) in [5.74, 6) is 0.683. The van der Waals surface area contributed by atoms with Gasteiger partial charge in [-0.3, -0.25) is 4.79 Å². The molecule has 0 radical (unpaired) electrons. The minimum Gasteiger partial charge on any atom is -0.480 e. The molecule has 2 rings (SSSR count). The van der Waals surface area contributed by atoms with E-state index in [1.807, 2.05) is 11.6 Å². The van der Waals surface area contributed by atoms with Crippen LogP contribution in [0.4, 0.5) is 0 Å². The highest BCUT2D eigenvalue weighted by Gasteiger charge is 2.23. The van der Waals surface area contributed by atoms with Crippen LogP contribution < -0.4 is 0 Å². The van der Waals surface area contributed by atoms with E-state index in [1.165, 1.54) is 43.9 Å². The Balaban J connectivity index is 2.10. The van der Waals surface area contributed by atoms with Crippen molar-refractivity contribution >= 4 is 17.7 Å². The van der Waals surface area contributed by atoms with Crippen molar-refractivity contribution in [2.45, 2.75) is 55.4 Å². The number of carboxylic acid groups (broad SMARTS) is 1. The van der Waals surface area contributed by atoms with E-state index in [1.54, 1.807) is 6.92 Å². The lowest BCUT2D eigenvalue weighted by Gasteiger charge is -2.20. The van der Waals surface area contributed by atoms with E-state index >= 15 is 0 Å². The van der Waals surface area contributed by atoms with Gasteiger partial charge in [-0.1, -0.05) is 31.0 Å². The molecular formula is C12H19N3O2S. The predicted molar refractivity (Wildman–Crippen MR) is 69.8 cm³/mol. The average molecular weight is 269 g/mol. The van der Waals surface area contributed by atoms with Crippen molar-refractivity contribution in [1.82, 2.24) is 14.8 Å². The molecule has 18 heavy (non-hydrogen) atoms. The fraction of sp³-hybridized carbons (Fsp3) is 0.750. The number of nitrogens with zero attached hydrogens (tertiary/aromatic N) is 3. The fourth-order valence-electron chi connectivity index (χ4n) is 2.35. The van der Waals surface area contributed by atoms with Crippen LogP contribution in [0, 0.1) is 0 Å². The molecule has 1 aliphatic carbocycles. The number of carboxylic acids is 1. The molecule has 1 aromatic rings. The summed E-state index contributed by atoms with van der Waals surface area (Å²) >= 11 is 1.25. The summed E-state index contributed by atoms with van der Waals surface area (Å²) in [7, 11) is 1.93. The molecular weight excluding hydrogens is 250 g/mol. The topological polar surface area (TPSA) is 68.0 Å². The van der Waals surface area contributed by atoms with Gasteiger partial charge >= 0.3 is 5.97 Å². The lowest BCUT2D eigenvalue weighted by atomic mass is 9.89. The molecule has 100 valence electrons. The van der Waals surface area contributed by atoms with Crippen molar-refractivity contribution in [3.05, 3.63) is 5.82 Å². The third-order valence-corrected chi connectivity index (χ3v) is 4.59. The van der Waals surface area contributed by atoms with Crippen molar-refractivity contribution in [3.63, 3.8) is 0 Å². The summed E-state index contributed by atoms with van der Waals surface area (Å²) in [5, 5.41) is 17.5. The summed E-state index contributed by atoms with van der Waals surface area (Å²) in [6, 6.07) is 0. The summed E-state index contributed by atoms with van der Waals surface area (Å²) in [5.41, 5.74) is 0. The van der Waals surface area contributed by atoms with Crippen molar-refractivity contribution in [2.75, 3.05) is 0 Å². The number of aromatic nitrogens is 3. The first-order valence-corrected chi connectivity index (χ1v) is 7.26. The Hall–Kier alpha value is -1.04. The zero-order valence-corrected chi connectivity index (χ0v) is 11.6. The normalized spacial score (nSPS) is 18.8. The summed E-state index contributed by atoms with van der Waals surface area (Å²) in [6.07, 6.45) is 6.17. The Labute approximate surface area is 111 Å². The molecule has 6 heteroatoms. The molecule has 0 spiro atoms. The van der Waals surface area contributed by atoms with Crippen LogP contribution in [0.1, 0.15) is 50.8 Å². The Kier molecular flexibility index (Phi) is 4.27. The number of aliphatic carboxylic acids is 1. The highest BCUT2D eigenvalue weighted by atomic mass is 32.2. The van der Waals surface area contributed by atoms with Gasteiger partial charge in [0, 0.05) is 13.0 Å². The molecule has 1 fully saturated rings. The van der Waals surface area contributed by atoms with Gasteiger partial charge in [0.25, 0.3) is 0 Å². The second-order valence-corrected chi connectivity index (χ2v) is 6.14. The predicted octanol–water partition coefficient (Wildman–Crippen LogP) is 2.43. The molecule has 1 aromatic heterocycles. The molecule has 0 aromatic carbocycles. The molecule has 1 saturated carbocycles. The molecule has 5 nitrogen and oxygen atoms in total. The second kappa shape index (κ2) is 5.73. The van der Waals surface area contributed by atoms with Gasteiger partial charge in [-0.05, 0) is 19.8 Å². The van der Waals surface area contributed by atoms with E-state index in [0.717, 1.165) is 5.82 Å². The van der Waals surface area contributed by atoms with E-state index in [2.05, 4.69) is 10.2 Å². The highest BCUT2D eigenvalue weighted by molar-refractivity contribution is 8.00. The minimum atomic E-state index is -0.817. The largest absolute Gasteiger partial charge is 0.480 e. The Morgan fingerprint density at radius 3 is 2.67 bits per heavy atom. The van der Waals surface area contributed by atoms with Crippen LogP contribution in [-0.4, -0.2) is 31.1 Å². The van der Waals surface area contributed by atoms with E-state index in [-0.39, 0.29) is 0 Å². The van der Waals surface area contributed by atoms with Gasteiger partial charge in [0.2, 0.25) is 0 Å². The fourth-order valence-corrected chi connectivity index (χ4v) is 3.11. The average Bonchev–Trinajstić information content (AvgIpc) is 2.72.